The van der Waals surface area contributed by atoms with Crippen LogP contribution in [0.3, 0.4) is 0 Å². The van der Waals surface area contributed by atoms with Gasteiger partial charge in [-0.1, -0.05) is 12.1 Å². The Morgan fingerprint density at radius 2 is 1.89 bits per heavy atom. The van der Waals surface area contributed by atoms with Gasteiger partial charge < -0.3 is 24.3 Å². The van der Waals surface area contributed by atoms with Crippen molar-refractivity contribution in [1.29, 1.82) is 0 Å². The average molecular weight is 369 g/mol. The molecule has 0 fully saturated rings. The zero-order valence-corrected chi connectivity index (χ0v) is 14.1. The third-order valence-corrected chi connectivity index (χ3v) is 4.05. The second-order valence-corrected chi connectivity index (χ2v) is 5.94. The Morgan fingerprint density at radius 1 is 1.07 bits per heavy atom. The van der Waals surface area contributed by atoms with Gasteiger partial charge in [0.1, 0.15) is 12.4 Å². The van der Waals surface area contributed by atoms with E-state index in [-0.39, 0.29) is 19.1 Å². The summed E-state index contributed by atoms with van der Waals surface area (Å²) < 4.78 is 21.3. The van der Waals surface area contributed by atoms with Gasteiger partial charge in [0.05, 0.1) is 5.69 Å². The number of nitrogens with one attached hydrogen (secondary N) is 1. The van der Waals surface area contributed by atoms with Crippen molar-refractivity contribution < 1.29 is 33.3 Å². The fourth-order valence-electron chi connectivity index (χ4n) is 2.71. The number of carbonyl (C=O) groups is 3. The molecule has 0 saturated heterocycles. The molecule has 8 nitrogen and oxygen atoms in total. The summed E-state index contributed by atoms with van der Waals surface area (Å²) >= 11 is 0. The Labute approximate surface area is 154 Å². The number of Topliss-reactive ketones (excluding diaryl/α,β-unsaturated/α-hetero) is 1. The van der Waals surface area contributed by atoms with Crippen LogP contribution in [0.15, 0.2) is 42.5 Å². The molecule has 0 aromatic heterocycles. The molecular formula is C19H15NO7. The van der Waals surface area contributed by atoms with Crippen molar-refractivity contribution in [2.45, 2.75) is 6.10 Å². The van der Waals surface area contributed by atoms with Crippen LogP contribution < -0.4 is 19.5 Å². The molecule has 138 valence electrons. The van der Waals surface area contributed by atoms with Gasteiger partial charge in [0.25, 0.3) is 5.91 Å². The lowest BCUT2D eigenvalue weighted by atomic mass is 10.1. The summed E-state index contributed by atoms with van der Waals surface area (Å²) in [5, 5.41) is 2.62. The number of para-hydroxylation sites is 2. The Balaban J connectivity index is 1.36. The molecular weight excluding hydrogens is 354 g/mol. The van der Waals surface area contributed by atoms with Gasteiger partial charge in [0.2, 0.25) is 6.10 Å². The second-order valence-electron chi connectivity index (χ2n) is 5.94. The van der Waals surface area contributed by atoms with Gasteiger partial charge in [-0.2, -0.15) is 0 Å². The number of hydrogen-bond acceptors (Lipinski definition) is 7. The molecule has 0 saturated carbocycles. The summed E-state index contributed by atoms with van der Waals surface area (Å²) in [5.74, 6) is 0.0803. The first-order chi connectivity index (χ1) is 13.1. The molecule has 0 bridgehead atoms. The lowest BCUT2D eigenvalue weighted by Crippen LogP contribution is -2.38. The third-order valence-electron chi connectivity index (χ3n) is 4.05. The monoisotopic (exact) mass is 369 g/mol. The highest BCUT2D eigenvalue weighted by Crippen LogP contribution is 2.31. The minimum atomic E-state index is -0.941. The number of hydrogen-bond donors (Lipinski definition) is 1. The first-order valence-electron chi connectivity index (χ1n) is 8.25. The molecule has 27 heavy (non-hydrogen) atoms. The van der Waals surface area contributed by atoms with Crippen LogP contribution in [0.2, 0.25) is 0 Å². The molecule has 8 heteroatoms. The van der Waals surface area contributed by atoms with Crippen molar-refractivity contribution in [2.75, 3.05) is 25.1 Å². The summed E-state index contributed by atoms with van der Waals surface area (Å²) in [6, 6.07) is 11.6. The maximum atomic E-state index is 12.3. The van der Waals surface area contributed by atoms with Crippen molar-refractivity contribution in [3.8, 4) is 17.2 Å². The summed E-state index contributed by atoms with van der Waals surface area (Å²) in [4.78, 5) is 35.8. The Morgan fingerprint density at radius 3 is 2.74 bits per heavy atom. The summed E-state index contributed by atoms with van der Waals surface area (Å²) in [7, 11) is 0. The van der Waals surface area contributed by atoms with Gasteiger partial charge in [0, 0.05) is 5.56 Å². The number of ether oxygens (including phenoxy) is 4. The highest BCUT2D eigenvalue weighted by molar-refractivity contribution is 6.01. The molecule has 1 atom stereocenters. The van der Waals surface area contributed by atoms with Gasteiger partial charge in [-0.05, 0) is 30.3 Å². The SMILES string of the molecule is O=C1COc2ccc(C(=O)COC(=O)[C@@H]3COc4ccccc4O3)cc2N1. The number of ketones is 1. The van der Waals surface area contributed by atoms with Crippen molar-refractivity contribution in [3.63, 3.8) is 0 Å². The molecule has 0 radical (unpaired) electrons. The van der Waals surface area contributed by atoms with E-state index in [1.807, 2.05) is 0 Å². The number of fused-ring (bicyclic) bond motifs is 2. The smallest absolute Gasteiger partial charge is 0.351 e. The van der Waals surface area contributed by atoms with Crippen LogP contribution in [0.4, 0.5) is 5.69 Å². The minimum Gasteiger partial charge on any atom is -0.485 e. The van der Waals surface area contributed by atoms with E-state index in [0.717, 1.165) is 0 Å². The molecule has 2 aromatic carbocycles. The molecule has 2 aliphatic rings. The highest BCUT2D eigenvalue weighted by Gasteiger charge is 2.29. The predicted octanol–water partition coefficient (Wildman–Crippen LogP) is 1.58. The van der Waals surface area contributed by atoms with Crippen molar-refractivity contribution in [2.24, 2.45) is 0 Å². The lowest BCUT2D eigenvalue weighted by molar-refractivity contribution is -0.153. The second kappa shape index (κ2) is 6.99. The van der Waals surface area contributed by atoms with Crippen LogP contribution in [0.5, 0.6) is 17.2 Å². The topological polar surface area (TPSA) is 100 Å². The van der Waals surface area contributed by atoms with Gasteiger partial charge in [-0.3, -0.25) is 9.59 Å². The van der Waals surface area contributed by atoms with Gasteiger partial charge in [0.15, 0.2) is 30.5 Å². The standard InChI is InChI=1S/C19H15NO7/c21-13(11-5-6-14-12(7-11)20-18(22)10-25-14)8-26-19(23)17-9-24-15-3-1-2-4-16(15)27-17/h1-7,17H,8-10H2,(H,20,22)/t17-/m0/s1. The predicted molar refractivity (Wildman–Crippen MR) is 92.2 cm³/mol. The molecule has 1 amide bonds. The third kappa shape index (κ3) is 3.55. The molecule has 0 spiro atoms. The normalized spacial score (nSPS) is 17.2. The van der Waals surface area contributed by atoms with Gasteiger partial charge in [-0.15, -0.1) is 0 Å². The maximum Gasteiger partial charge on any atom is 0.351 e. The van der Waals surface area contributed by atoms with Crippen molar-refractivity contribution >= 4 is 23.3 Å². The quantitative estimate of drug-likeness (QED) is 0.645. The van der Waals surface area contributed by atoms with Crippen LogP contribution >= 0.6 is 0 Å². The largest absolute Gasteiger partial charge is 0.485 e. The summed E-state index contributed by atoms with van der Waals surface area (Å²) in [6.45, 7) is -0.509. The molecule has 0 unspecified atom stereocenters. The van der Waals surface area contributed by atoms with E-state index in [9.17, 15) is 14.4 Å². The Bertz CT molecular complexity index is 924. The van der Waals surface area contributed by atoms with E-state index in [1.54, 1.807) is 36.4 Å². The highest BCUT2D eigenvalue weighted by atomic mass is 16.6. The lowest BCUT2D eigenvalue weighted by Gasteiger charge is -2.24. The number of amides is 1. The maximum absolute atomic E-state index is 12.3. The fourth-order valence-corrected chi connectivity index (χ4v) is 2.71. The average Bonchev–Trinajstić information content (AvgIpc) is 2.70. The molecule has 4 rings (SSSR count). The first kappa shape index (κ1) is 16.9. The fraction of sp³-hybridized carbons (Fsp3) is 0.211. The van der Waals surface area contributed by atoms with Crippen molar-refractivity contribution in [3.05, 3.63) is 48.0 Å². The van der Waals surface area contributed by atoms with E-state index in [0.29, 0.717) is 28.5 Å². The van der Waals surface area contributed by atoms with Crippen molar-refractivity contribution in [1.82, 2.24) is 0 Å². The number of rotatable bonds is 4. The molecule has 2 aromatic rings. The van der Waals surface area contributed by atoms with Crippen LogP contribution in [0.1, 0.15) is 10.4 Å². The molecule has 2 heterocycles. The van der Waals surface area contributed by atoms with E-state index in [1.165, 1.54) is 6.07 Å². The van der Waals surface area contributed by atoms with Crippen LogP contribution in [-0.2, 0) is 14.3 Å². The first-order valence-corrected chi connectivity index (χ1v) is 8.25. The minimum absolute atomic E-state index is 0.00620. The Kier molecular flexibility index (Phi) is 4.37. The van der Waals surface area contributed by atoms with E-state index in [2.05, 4.69) is 5.32 Å². The number of carbonyl (C=O) groups excluding carboxylic acids is 3. The van der Waals surface area contributed by atoms with Gasteiger partial charge in [-0.25, -0.2) is 4.79 Å². The molecule has 0 aliphatic carbocycles. The zero-order chi connectivity index (χ0) is 18.8. The van der Waals surface area contributed by atoms with Crippen LogP contribution in [-0.4, -0.2) is 43.6 Å². The number of anilines is 1. The van der Waals surface area contributed by atoms with E-state index in [4.69, 9.17) is 18.9 Å². The summed E-state index contributed by atoms with van der Waals surface area (Å²) in [6.07, 6.45) is -0.941. The van der Waals surface area contributed by atoms with E-state index < -0.39 is 24.5 Å². The van der Waals surface area contributed by atoms with Gasteiger partial charge >= 0.3 is 5.97 Å². The molecule has 2 aliphatic heterocycles. The Hall–Kier alpha value is -3.55. The number of esters is 1. The van der Waals surface area contributed by atoms with E-state index >= 15 is 0 Å². The number of benzene rings is 2. The summed E-state index contributed by atoms with van der Waals surface area (Å²) in [5.41, 5.74) is 0.697. The molecule has 1 N–H and O–H groups in total. The zero-order valence-electron chi connectivity index (χ0n) is 14.1. The van der Waals surface area contributed by atoms with Crippen LogP contribution in [0.25, 0.3) is 0 Å². The van der Waals surface area contributed by atoms with Crippen LogP contribution in [0, 0.1) is 0 Å².